The van der Waals surface area contributed by atoms with Crippen LogP contribution in [0.4, 0.5) is 0 Å². The number of para-hydroxylation sites is 1. The van der Waals surface area contributed by atoms with Gasteiger partial charge in [-0.25, -0.2) is 0 Å². The van der Waals surface area contributed by atoms with Crippen LogP contribution < -0.4 is 8.92 Å². The van der Waals surface area contributed by atoms with Gasteiger partial charge in [-0.2, -0.15) is 8.42 Å². The zero-order valence-electron chi connectivity index (χ0n) is 16.0. The van der Waals surface area contributed by atoms with Gasteiger partial charge in [0.15, 0.2) is 0 Å². The largest absolute Gasteiger partial charge is 0.497 e. The van der Waals surface area contributed by atoms with E-state index in [0.717, 1.165) is 6.42 Å². The average molecular weight is 391 g/mol. The van der Waals surface area contributed by atoms with Crippen LogP contribution >= 0.6 is 0 Å². The van der Waals surface area contributed by atoms with Crippen molar-refractivity contribution < 1.29 is 22.1 Å². The summed E-state index contributed by atoms with van der Waals surface area (Å²) in [5.41, 5.74) is 0.630. The number of methoxy groups -OCH3 is 1. The third-order valence-corrected chi connectivity index (χ3v) is 5.64. The summed E-state index contributed by atoms with van der Waals surface area (Å²) in [6, 6.07) is 12.8. The Hall–Kier alpha value is -2.54. The average Bonchev–Trinajstić information content (AvgIpc) is 2.66. The maximum Gasteiger partial charge on any atom is 0.339 e. The lowest BCUT2D eigenvalue weighted by Crippen LogP contribution is -2.36. The van der Waals surface area contributed by atoms with Crippen LogP contribution in [0.25, 0.3) is 0 Å². The van der Waals surface area contributed by atoms with Gasteiger partial charge < -0.3 is 13.8 Å². The lowest BCUT2D eigenvalue weighted by atomic mass is 10.1. The molecule has 0 radical (unpaired) electrons. The van der Waals surface area contributed by atoms with E-state index in [0.29, 0.717) is 11.3 Å². The van der Waals surface area contributed by atoms with E-state index >= 15 is 0 Å². The third-order valence-electron chi connectivity index (χ3n) is 4.39. The molecule has 0 saturated carbocycles. The quantitative estimate of drug-likeness (QED) is 0.643. The Kier molecular flexibility index (Phi) is 6.85. The maximum atomic E-state index is 12.6. The summed E-state index contributed by atoms with van der Waals surface area (Å²) in [6.45, 7) is 5.73. The summed E-state index contributed by atoms with van der Waals surface area (Å²) < 4.78 is 35.7. The first-order valence-electron chi connectivity index (χ1n) is 8.72. The number of carbonyl (C=O) groups is 1. The molecule has 0 aliphatic carbocycles. The van der Waals surface area contributed by atoms with Gasteiger partial charge in [0.2, 0.25) is 5.91 Å². The Morgan fingerprint density at radius 1 is 1.11 bits per heavy atom. The van der Waals surface area contributed by atoms with Crippen LogP contribution in [0.3, 0.4) is 0 Å². The molecule has 0 aliphatic heterocycles. The SMILES string of the molecule is CC[C@@H](C)N(Cc1ccccc1OS(=O)(=O)c1ccc(OC)cc1)C(C)=O. The van der Waals surface area contributed by atoms with Gasteiger partial charge >= 0.3 is 10.1 Å². The van der Waals surface area contributed by atoms with Crippen molar-refractivity contribution in [3.8, 4) is 11.5 Å². The van der Waals surface area contributed by atoms with Crippen LogP contribution in [-0.4, -0.2) is 32.4 Å². The van der Waals surface area contributed by atoms with Crippen molar-refractivity contribution in [1.29, 1.82) is 0 Å². The van der Waals surface area contributed by atoms with Crippen molar-refractivity contribution in [1.82, 2.24) is 4.90 Å². The Labute approximate surface area is 160 Å². The smallest absolute Gasteiger partial charge is 0.339 e. The van der Waals surface area contributed by atoms with Gasteiger partial charge in [-0.1, -0.05) is 25.1 Å². The molecule has 0 unspecified atom stereocenters. The number of benzene rings is 2. The van der Waals surface area contributed by atoms with E-state index in [1.165, 1.54) is 26.2 Å². The molecular formula is C20H25NO5S. The minimum absolute atomic E-state index is 0.0310. The Morgan fingerprint density at radius 2 is 1.74 bits per heavy atom. The molecule has 0 fully saturated rings. The predicted octanol–water partition coefficient (Wildman–Crippen LogP) is 3.61. The highest BCUT2D eigenvalue weighted by atomic mass is 32.2. The van der Waals surface area contributed by atoms with E-state index in [-0.39, 0.29) is 29.1 Å². The number of carbonyl (C=O) groups excluding carboxylic acids is 1. The first kappa shape index (κ1) is 20.8. The molecule has 6 nitrogen and oxygen atoms in total. The molecule has 2 rings (SSSR count). The van der Waals surface area contributed by atoms with Gasteiger partial charge in [0.05, 0.1) is 7.11 Å². The highest BCUT2D eigenvalue weighted by molar-refractivity contribution is 7.87. The summed E-state index contributed by atoms with van der Waals surface area (Å²) in [5.74, 6) is 0.694. The van der Waals surface area contributed by atoms with Crippen LogP contribution in [0.2, 0.25) is 0 Å². The number of hydrogen-bond donors (Lipinski definition) is 0. The van der Waals surface area contributed by atoms with E-state index in [1.807, 2.05) is 13.8 Å². The minimum atomic E-state index is -4.00. The van der Waals surface area contributed by atoms with Gasteiger partial charge in [-0.3, -0.25) is 4.79 Å². The molecule has 146 valence electrons. The van der Waals surface area contributed by atoms with E-state index in [1.54, 1.807) is 41.3 Å². The first-order valence-corrected chi connectivity index (χ1v) is 10.1. The highest BCUT2D eigenvalue weighted by Crippen LogP contribution is 2.26. The summed E-state index contributed by atoms with van der Waals surface area (Å²) >= 11 is 0. The fourth-order valence-electron chi connectivity index (χ4n) is 2.61. The normalized spacial score (nSPS) is 12.3. The second-order valence-electron chi connectivity index (χ2n) is 6.22. The highest BCUT2D eigenvalue weighted by Gasteiger charge is 2.21. The zero-order chi connectivity index (χ0) is 20.0. The van der Waals surface area contributed by atoms with Crippen molar-refractivity contribution >= 4 is 16.0 Å². The molecule has 7 heteroatoms. The Balaban J connectivity index is 2.30. The number of nitrogens with zero attached hydrogens (tertiary/aromatic N) is 1. The van der Waals surface area contributed by atoms with E-state index < -0.39 is 10.1 Å². The van der Waals surface area contributed by atoms with Crippen LogP contribution in [0.5, 0.6) is 11.5 Å². The summed E-state index contributed by atoms with van der Waals surface area (Å²) in [5, 5.41) is 0. The molecule has 0 saturated heterocycles. The van der Waals surface area contributed by atoms with E-state index in [2.05, 4.69) is 0 Å². The summed E-state index contributed by atoms with van der Waals surface area (Å²) in [4.78, 5) is 13.7. The molecule has 2 aromatic carbocycles. The van der Waals surface area contributed by atoms with Gasteiger partial charge in [-0.05, 0) is 43.7 Å². The zero-order valence-corrected chi connectivity index (χ0v) is 16.8. The summed E-state index contributed by atoms with van der Waals surface area (Å²) in [7, 11) is -2.49. The van der Waals surface area contributed by atoms with Crippen molar-refractivity contribution in [3.05, 3.63) is 54.1 Å². The number of amides is 1. The second-order valence-corrected chi connectivity index (χ2v) is 7.77. The van der Waals surface area contributed by atoms with Crippen LogP contribution in [0.1, 0.15) is 32.8 Å². The minimum Gasteiger partial charge on any atom is -0.497 e. The molecule has 2 aromatic rings. The van der Waals surface area contributed by atoms with Crippen molar-refractivity contribution in [3.63, 3.8) is 0 Å². The second kappa shape index (κ2) is 8.90. The fourth-order valence-corrected chi connectivity index (χ4v) is 3.57. The monoisotopic (exact) mass is 391 g/mol. The lowest BCUT2D eigenvalue weighted by molar-refractivity contribution is -0.131. The van der Waals surface area contributed by atoms with Gasteiger partial charge in [0.25, 0.3) is 0 Å². The molecule has 0 aliphatic rings. The Bertz CT molecular complexity index is 878. The first-order chi connectivity index (χ1) is 12.8. The van der Waals surface area contributed by atoms with E-state index in [4.69, 9.17) is 8.92 Å². The molecule has 0 aromatic heterocycles. The molecule has 0 bridgehead atoms. The molecular weight excluding hydrogens is 366 g/mol. The maximum absolute atomic E-state index is 12.6. The van der Waals surface area contributed by atoms with Crippen molar-refractivity contribution in [2.24, 2.45) is 0 Å². The van der Waals surface area contributed by atoms with Crippen LogP contribution in [0.15, 0.2) is 53.4 Å². The summed E-state index contributed by atoms with van der Waals surface area (Å²) in [6.07, 6.45) is 0.798. The number of hydrogen-bond acceptors (Lipinski definition) is 5. The lowest BCUT2D eigenvalue weighted by Gasteiger charge is -2.28. The predicted molar refractivity (Wildman–Crippen MR) is 103 cm³/mol. The molecule has 1 amide bonds. The third kappa shape index (κ3) is 5.23. The number of ether oxygens (including phenoxy) is 1. The molecule has 1 atom stereocenters. The van der Waals surface area contributed by atoms with Gasteiger partial charge in [-0.15, -0.1) is 0 Å². The number of rotatable bonds is 8. The van der Waals surface area contributed by atoms with E-state index in [9.17, 15) is 13.2 Å². The van der Waals surface area contributed by atoms with Gasteiger partial charge in [0.1, 0.15) is 16.4 Å². The molecule has 0 spiro atoms. The van der Waals surface area contributed by atoms with Crippen LogP contribution in [-0.2, 0) is 21.5 Å². The van der Waals surface area contributed by atoms with Gasteiger partial charge in [0, 0.05) is 25.1 Å². The topological polar surface area (TPSA) is 72.9 Å². The molecule has 27 heavy (non-hydrogen) atoms. The molecule has 0 N–H and O–H groups in total. The van der Waals surface area contributed by atoms with Crippen molar-refractivity contribution in [2.75, 3.05) is 7.11 Å². The van der Waals surface area contributed by atoms with Crippen LogP contribution in [0, 0.1) is 0 Å². The molecule has 0 heterocycles. The van der Waals surface area contributed by atoms with Crippen molar-refractivity contribution in [2.45, 2.75) is 44.7 Å². The Morgan fingerprint density at radius 3 is 2.30 bits per heavy atom. The standard InChI is InChI=1S/C20H25NO5S/c1-5-15(2)21(16(3)22)14-17-8-6-7-9-20(17)26-27(23,24)19-12-10-18(25-4)11-13-19/h6-13,15H,5,14H2,1-4H3/t15-/m1/s1. The fraction of sp³-hybridized carbons (Fsp3) is 0.350.